The lowest BCUT2D eigenvalue weighted by Gasteiger charge is -2.37. The molecule has 1 rings (SSSR count). The van der Waals surface area contributed by atoms with E-state index in [1.54, 1.807) is 0 Å². The van der Waals surface area contributed by atoms with Crippen molar-refractivity contribution < 1.29 is 14.7 Å². The number of piperidine rings is 1. The normalized spacial score (nSPS) is 18.6. The van der Waals surface area contributed by atoms with Crippen molar-refractivity contribution in [2.45, 2.75) is 52.9 Å². The molecule has 5 heteroatoms. The van der Waals surface area contributed by atoms with E-state index in [0.717, 1.165) is 32.4 Å². The molecule has 0 saturated carbocycles. The van der Waals surface area contributed by atoms with Gasteiger partial charge in [0.2, 0.25) is 5.91 Å². The first-order chi connectivity index (χ1) is 9.46. The number of hydrogen-bond donors (Lipinski definition) is 3. The molecule has 1 saturated heterocycles. The van der Waals surface area contributed by atoms with E-state index in [2.05, 4.69) is 10.6 Å². The Morgan fingerprint density at radius 3 is 2.15 bits per heavy atom. The van der Waals surface area contributed by atoms with E-state index in [0.29, 0.717) is 12.8 Å². The molecule has 0 aromatic rings. The van der Waals surface area contributed by atoms with Gasteiger partial charge in [0.05, 0.1) is 10.8 Å². The summed E-state index contributed by atoms with van der Waals surface area (Å²) in [6.45, 7) is 7.70. The molecule has 0 spiro atoms. The Hall–Kier alpha value is -1.10. The van der Waals surface area contributed by atoms with E-state index in [-0.39, 0.29) is 17.9 Å². The van der Waals surface area contributed by atoms with Crippen molar-refractivity contribution in [1.82, 2.24) is 10.6 Å². The quantitative estimate of drug-likeness (QED) is 0.666. The van der Waals surface area contributed by atoms with Crippen molar-refractivity contribution >= 4 is 11.9 Å². The summed E-state index contributed by atoms with van der Waals surface area (Å²) in [6.07, 6.45) is 3.51. The molecule has 20 heavy (non-hydrogen) atoms. The van der Waals surface area contributed by atoms with Crippen LogP contribution in [0.4, 0.5) is 0 Å². The molecular formula is C15H28N2O3. The maximum atomic E-state index is 12.5. The van der Waals surface area contributed by atoms with Crippen LogP contribution in [-0.4, -0.2) is 36.6 Å². The molecule has 116 valence electrons. The third-order valence-corrected chi connectivity index (χ3v) is 5.11. The van der Waals surface area contributed by atoms with Gasteiger partial charge in [-0.15, -0.1) is 0 Å². The van der Waals surface area contributed by atoms with Gasteiger partial charge >= 0.3 is 5.97 Å². The molecule has 5 nitrogen and oxygen atoms in total. The number of carboxylic acids is 1. The summed E-state index contributed by atoms with van der Waals surface area (Å²) in [5.41, 5.74) is -1.16. The SMILES string of the molecule is CCC(CC)(CNC(=O)C1(CC)CCNCC1)C(=O)O. The second-order valence-corrected chi connectivity index (χ2v) is 5.86. The second kappa shape index (κ2) is 7.07. The minimum Gasteiger partial charge on any atom is -0.481 e. The zero-order chi connectivity index (χ0) is 15.2. The van der Waals surface area contributed by atoms with E-state index in [1.165, 1.54) is 0 Å². The summed E-state index contributed by atoms with van der Waals surface area (Å²) in [6, 6.07) is 0. The van der Waals surface area contributed by atoms with Gasteiger partial charge in [0, 0.05) is 6.54 Å². The Morgan fingerprint density at radius 2 is 1.75 bits per heavy atom. The molecule has 0 aromatic carbocycles. The van der Waals surface area contributed by atoms with Gasteiger partial charge < -0.3 is 15.7 Å². The summed E-state index contributed by atoms with van der Waals surface area (Å²) >= 11 is 0. The molecule has 1 amide bonds. The van der Waals surface area contributed by atoms with E-state index >= 15 is 0 Å². The Bertz CT molecular complexity index is 345. The summed E-state index contributed by atoms with van der Waals surface area (Å²) < 4.78 is 0. The van der Waals surface area contributed by atoms with Crippen LogP contribution in [-0.2, 0) is 9.59 Å². The Kier molecular flexibility index (Phi) is 5.99. The number of hydrogen-bond acceptors (Lipinski definition) is 3. The standard InChI is InChI=1S/C15H28N2O3/c1-4-14(5-2,13(19)20)11-17-12(18)15(6-3)7-9-16-10-8-15/h16H,4-11H2,1-3H3,(H,17,18)(H,19,20). The van der Waals surface area contributed by atoms with E-state index in [4.69, 9.17) is 0 Å². The highest BCUT2D eigenvalue weighted by Crippen LogP contribution is 2.33. The number of amides is 1. The molecule has 0 radical (unpaired) electrons. The second-order valence-electron chi connectivity index (χ2n) is 5.86. The fourth-order valence-electron chi connectivity index (χ4n) is 2.96. The van der Waals surface area contributed by atoms with Crippen LogP contribution in [0.25, 0.3) is 0 Å². The maximum absolute atomic E-state index is 12.5. The zero-order valence-corrected chi connectivity index (χ0v) is 12.9. The highest BCUT2D eigenvalue weighted by molar-refractivity contribution is 5.84. The van der Waals surface area contributed by atoms with Crippen LogP contribution in [0.5, 0.6) is 0 Å². The van der Waals surface area contributed by atoms with Crippen molar-refractivity contribution in [3.05, 3.63) is 0 Å². The smallest absolute Gasteiger partial charge is 0.311 e. The number of carboxylic acid groups (broad SMARTS) is 1. The van der Waals surface area contributed by atoms with Crippen molar-refractivity contribution in [1.29, 1.82) is 0 Å². The summed E-state index contributed by atoms with van der Waals surface area (Å²) in [5, 5.41) is 15.6. The monoisotopic (exact) mass is 284 g/mol. The van der Waals surface area contributed by atoms with Gasteiger partial charge in [-0.3, -0.25) is 9.59 Å². The van der Waals surface area contributed by atoms with Crippen LogP contribution in [0.15, 0.2) is 0 Å². The number of carbonyl (C=O) groups excluding carboxylic acids is 1. The summed E-state index contributed by atoms with van der Waals surface area (Å²) in [7, 11) is 0. The van der Waals surface area contributed by atoms with Gasteiger partial charge in [0.1, 0.15) is 0 Å². The fraction of sp³-hybridized carbons (Fsp3) is 0.867. The molecule has 0 aromatic heterocycles. The third-order valence-electron chi connectivity index (χ3n) is 5.11. The predicted molar refractivity (Wildman–Crippen MR) is 78.5 cm³/mol. The molecule has 1 heterocycles. The average Bonchev–Trinajstić information content (AvgIpc) is 2.48. The lowest BCUT2D eigenvalue weighted by Crippen LogP contribution is -2.51. The number of rotatable bonds is 7. The van der Waals surface area contributed by atoms with Crippen LogP contribution in [0.2, 0.25) is 0 Å². The van der Waals surface area contributed by atoms with Crippen molar-refractivity contribution in [2.24, 2.45) is 10.8 Å². The molecule has 1 aliphatic rings. The van der Waals surface area contributed by atoms with Crippen molar-refractivity contribution in [3.8, 4) is 0 Å². The highest BCUT2D eigenvalue weighted by Gasteiger charge is 2.40. The highest BCUT2D eigenvalue weighted by atomic mass is 16.4. The first-order valence-corrected chi connectivity index (χ1v) is 7.69. The minimum absolute atomic E-state index is 0.0222. The summed E-state index contributed by atoms with van der Waals surface area (Å²) in [5.74, 6) is -0.798. The van der Waals surface area contributed by atoms with E-state index in [1.807, 2.05) is 20.8 Å². The zero-order valence-electron chi connectivity index (χ0n) is 12.9. The number of carbonyl (C=O) groups is 2. The summed E-state index contributed by atoms with van der Waals surface area (Å²) in [4.78, 5) is 24.0. The van der Waals surface area contributed by atoms with Crippen molar-refractivity contribution in [2.75, 3.05) is 19.6 Å². The number of nitrogens with one attached hydrogen (secondary N) is 2. The topological polar surface area (TPSA) is 78.4 Å². The number of aliphatic carboxylic acids is 1. The fourth-order valence-corrected chi connectivity index (χ4v) is 2.96. The lowest BCUT2D eigenvalue weighted by atomic mass is 9.75. The van der Waals surface area contributed by atoms with Gasteiger partial charge in [-0.25, -0.2) is 0 Å². The lowest BCUT2D eigenvalue weighted by molar-refractivity contribution is -0.149. The molecule has 0 atom stereocenters. The average molecular weight is 284 g/mol. The Balaban J connectivity index is 2.71. The third kappa shape index (κ3) is 3.32. The molecule has 1 aliphatic heterocycles. The first-order valence-electron chi connectivity index (χ1n) is 7.69. The van der Waals surface area contributed by atoms with Gasteiger partial charge in [-0.05, 0) is 45.2 Å². The van der Waals surface area contributed by atoms with E-state index in [9.17, 15) is 14.7 Å². The van der Waals surface area contributed by atoms with Crippen LogP contribution in [0.3, 0.4) is 0 Å². The largest absolute Gasteiger partial charge is 0.481 e. The van der Waals surface area contributed by atoms with E-state index < -0.39 is 11.4 Å². The van der Waals surface area contributed by atoms with Gasteiger partial charge in [0.25, 0.3) is 0 Å². The predicted octanol–water partition coefficient (Wildman–Crippen LogP) is 1.77. The van der Waals surface area contributed by atoms with Crippen LogP contribution >= 0.6 is 0 Å². The van der Waals surface area contributed by atoms with Crippen LogP contribution < -0.4 is 10.6 Å². The van der Waals surface area contributed by atoms with Crippen LogP contribution in [0, 0.1) is 10.8 Å². The van der Waals surface area contributed by atoms with Gasteiger partial charge in [-0.2, -0.15) is 0 Å². The van der Waals surface area contributed by atoms with Gasteiger partial charge in [0.15, 0.2) is 0 Å². The maximum Gasteiger partial charge on any atom is 0.311 e. The molecule has 0 bridgehead atoms. The minimum atomic E-state index is -0.836. The molecule has 0 aliphatic carbocycles. The molecule has 0 unspecified atom stereocenters. The van der Waals surface area contributed by atoms with Crippen LogP contribution in [0.1, 0.15) is 52.9 Å². The molecule has 3 N–H and O–H groups in total. The molecule has 1 fully saturated rings. The Labute approximate surface area is 121 Å². The Morgan fingerprint density at radius 1 is 1.20 bits per heavy atom. The molecular weight excluding hydrogens is 256 g/mol. The van der Waals surface area contributed by atoms with Crippen molar-refractivity contribution in [3.63, 3.8) is 0 Å². The first kappa shape index (κ1) is 17.0. The van der Waals surface area contributed by atoms with Gasteiger partial charge in [-0.1, -0.05) is 20.8 Å².